The lowest BCUT2D eigenvalue weighted by Gasteiger charge is -2.15. The smallest absolute Gasteiger partial charge is 0.310 e. The summed E-state index contributed by atoms with van der Waals surface area (Å²) in [7, 11) is 0. The Labute approximate surface area is 161 Å². The predicted molar refractivity (Wildman–Crippen MR) is 101 cm³/mol. The highest BCUT2D eigenvalue weighted by atomic mass is 19.4. The zero-order valence-corrected chi connectivity index (χ0v) is 15.0. The van der Waals surface area contributed by atoms with Crippen LogP contribution in [0.15, 0.2) is 47.5 Å². The van der Waals surface area contributed by atoms with Gasteiger partial charge in [0, 0.05) is 24.1 Å². The number of nitrogens with zero attached hydrogens (tertiary/aromatic N) is 3. The topological polar surface area (TPSA) is 92.7 Å². The number of alkyl halides is 3. The van der Waals surface area contributed by atoms with E-state index in [1.807, 2.05) is 0 Å². The maximum atomic E-state index is 13.2. The van der Waals surface area contributed by atoms with Gasteiger partial charge in [-0.2, -0.15) is 18.3 Å². The quantitative estimate of drug-likeness (QED) is 0.550. The van der Waals surface area contributed by atoms with Gasteiger partial charge in [-0.05, 0) is 23.8 Å². The molecule has 0 fully saturated rings. The van der Waals surface area contributed by atoms with Crippen LogP contribution in [-0.4, -0.2) is 31.8 Å². The van der Waals surface area contributed by atoms with Gasteiger partial charge in [-0.1, -0.05) is 12.1 Å². The summed E-state index contributed by atoms with van der Waals surface area (Å²) in [6, 6.07) is 8.10. The number of carbonyl (C=O) groups excluding carboxylic acids is 1. The molecule has 0 atom stereocenters. The number of aromatic nitrogens is 4. The Kier molecular flexibility index (Phi) is 4.33. The summed E-state index contributed by atoms with van der Waals surface area (Å²) in [4.78, 5) is 28.2. The molecular weight excluding hydrogens is 387 g/mol. The number of H-pyrrole nitrogens is 1. The molecule has 0 saturated heterocycles. The minimum atomic E-state index is -4.58. The van der Waals surface area contributed by atoms with E-state index in [0.717, 1.165) is 0 Å². The number of halogens is 3. The highest BCUT2D eigenvalue weighted by molar-refractivity contribution is 6.04. The van der Waals surface area contributed by atoms with Gasteiger partial charge in [0.2, 0.25) is 5.91 Å². The molecule has 0 bridgehead atoms. The second-order valence-corrected chi connectivity index (χ2v) is 6.48. The molecule has 0 aliphatic carbocycles. The highest BCUT2D eigenvalue weighted by Crippen LogP contribution is 2.31. The van der Waals surface area contributed by atoms with Crippen LogP contribution in [0.1, 0.15) is 6.92 Å². The number of rotatable bonds is 3. The number of hydrogen-bond acceptors (Lipinski definition) is 4. The first-order valence-electron chi connectivity index (χ1n) is 8.54. The lowest BCUT2D eigenvalue weighted by molar-refractivity contribution is -0.140. The van der Waals surface area contributed by atoms with Crippen LogP contribution in [-0.2, 0) is 11.3 Å². The highest BCUT2D eigenvalue weighted by Gasteiger charge is 2.30. The molecule has 3 heterocycles. The summed E-state index contributed by atoms with van der Waals surface area (Å²) in [5.41, 5.74) is 0.690. The van der Waals surface area contributed by atoms with E-state index in [9.17, 15) is 22.8 Å². The van der Waals surface area contributed by atoms with Crippen molar-refractivity contribution in [2.75, 3.05) is 5.32 Å². The van der Waals surface area contributed by atoms with Gasteiger partial charge in [0.15, 0.2) is 0 Å². The van der Waals surface area contributed by atoms with Crippen molar-refractivity contribution >= 4 is 33.5 Å². The maximum Gasteiger partial charge on any atom is 0.406 e. The fourth-order valence-electron chi connectivity index (χ4n) is 3.28. The van der Waals surface area contributed by atoms with Gasteiger partial charge in [0.05, 0.1) is 22.6 Å². The zero-order chi connectivity index (χ0) is 20.8. The first kappa shape index (κ1) is 18.7. The van der Waals surface area contributed by atoms with Crippen LogP contribution in [0.2, 0.25) is 0 Å². The lowest BCUT2D eigenvalue weighted by Crippen LogP contribution is -2.28. The third-order valence-corrected chi connectivity index (χ3v) is 4.42. The Morgan fingerprint density at radius 2 is 2.03 bits per heavy atom. The summed E-state index contributed by atoms with van der Waals surface area (Å²) in [5, 5.41) is 9.58. The molecule has 0 saturated carbocycles. The molecule has 4 rings (SSSR count). The van der Waals surface area contributed by atoms with Crippen molar-refractivity contribution in [3.63, 3.8) is 0 Å². The number of benzene rings is 1. The number of fused-ring (bicyclic) bond motifs is 3. The van der Waals surface area contributed by atoms with E-state index in [2.05, 4.69) is 20.5 Å². The molecule has 0 aliphatic heterocycles. The Morgan fingerprint density at radius 3 is 2.76 bits per heavy atom. The van der Waals surface area contributed by atoms with Crippen molar-refractivity contribution < 1.29 is 18.0 Å². The van der Waals surface area contributed by atoms with Crippen molar-refractivity contribution in [3.8, 4) is 11.1 Å². The second kappa shape index (κ2) is 6.73. The van der Waals surface area contributed by atoms with Crippen LogP contribution in [0.3, 0.4) is 0 Å². The van der Waals surface area contributed by atoms with Gasteiger partial charge in [-0.15, -0.1) is 0 Å². The van der Waals surface area contributed by atoms with Crippen LogP contribution in [0, 0.1) is 0 Å². The minimum Gasteiger partial charge on any atom is -0.310 e. The molecule has 148 valence electrons. The van der Waals surface area contributed by atoms with Crippen molar-refractivity contribution in [2.24, 2.45) is 0 Å². The van der Waals surface area contributed by atoms with Gasteiger partial charge in [0.1, 0.15) is 12.4 Å². The van der Waals surface area contributed by atoms with Gasteiger partial charge in [0.25, 0.3) is 5.56 Å². The third kappa shape index (κ3) is 3.44. The molecule has 4 aromatic rings. The van der Waals surface area contributed by atoms with Crippen LogP contribution >= 0.6 is 0 Å². The number of aromatic amines is 1. The Balaban J connectivity index is 2.01. The van der Waals surface area contributed by atoms with E-state index in [0.29, 0.717) is 26.6 Å². The van der Waals surface area contributed by atoms with E-state index >= 15 is 0 Å². The van der Waals surface area contributed by atoms with Crippen molar-refractivity contribution in [1.29, 1.82) is 0 Å². The Bertz CT molecular complexity index is 1310. The van der Waals surface area contributed by atoms with Crippen molar-refractivity contribution in [3.05, 3.63) is 53.1 Å². The van der Waals surface area contributed by atoms with Crippen LogP contribution in [0.5, 0.6) is 0 Å². The normalized spacial score (nSPS) is 11.9. The molecule has 0 radical (unpaired) electrons. The van der Waals surface area contributed by atoms with E-state index in [-0.39, 0.29) is 22.6 Å². The summed E-state index contributed by atoms with van der Waals surface area (Å²) in [5.74, 6) is -0.0643. The fraction of sp³-hybridized carbons (Fsp3) is 0.158. The van der Waals surface area contributed by atoms with E-state index in [1.165, 1.54) is 25.4 Å². The predicted octanol–water partition coefficient (Wildman–Crippen LogP) is 3.46. The molecular formula is C19H14F3N5O2. The van der Waals surface area contributed by atoms with Gasteiger partial charge in [-0.3, -0.25) is 19.3 Å². The fourth-order valence-corrected chi connectivity index (χ4v) is 3.28. The van der Waals surface area contributed by atoms with Crippen LogP contribution < -0.4 is 10.9 Å². The largest absolute Gasteiger partial charge is 0.406 e. The number of nitrogens with one attached hydrogen (secondary N) is 2. The number of amides is 1. The van der Waals surface area contributed by atoms with E-state index < -0.39 is 18.3 Å². The van der Waals surface area contributed by atoms with E-state index in [1.54, 1.807) is 24.3 Å². The number of anilines is 1. The van der Waals surface area contributed by atoms with Crippen LogP contribution in [0.4, 0.5) is 19.0 Å². The number of hydrogen-bond donors (Lipinski definition) is 2. The standard InChI is InChI=1S/C19H14F3N5O2/c1-10(28)25-17-12(3-2-6-23-17)11-4-5-13-15(7-11)27(9-19(20,21)22)18(29)14-8-24-26-16(13)14/h2-8H,9H2,1H3,(H,24,26)(H,23,25,28). The minimum absolute atomic E-state index is 0.0785. The Hall–Kier alpha value is -3.69. The third-order valence-electron chi connectivity index (χ3n) is 4.42. The number of carbonyl (C=O) groups is 1. The lowest BCUT2D eigenvalue weighted by atomic mass is 10.0. The molecule has 29 heavy (non-hydrogen) atoms. The first-order chi connectivity index (χ1) is 13.7. The SMILES string of the molecule is CC(=O)Nc1ncccc1-c1ccc2c3[nH]ncc3c(=O)n(CC(F)(F)F)c2c1. The molecule has 0 spiro atoms. The van der Waals surface area contributed by atoms with E-state index in [4.69, 9.17) is 0 Å². The van der Waals surface area contributed by atoms with Crippen LogP contribution in [0.25, 0.3) is 32.9 Å². The van der Waals surface area contributed by atoms with Crippen molar-refractivity contribution in [1.82, 2.24) is 19.7 Å². The van der Waals surface area contributed by atoms with Gasteiger partial charge < -0.3 is 5.32 Å². The summed E-state index contributed by atoms with van der Waals surface area (Å²) < 4.78 is 40.2. The molecule has 0 aliphatic rings. The molecule has 0 unspecified atom stereocenters. The van der Waals surface area contributed by atoms with Crippen molar-refractivity contribution in [2.45, 2.75) is 19.6 Å². The average Bonchev–Trinajstić information content (AvgIpc) is 3.14. The van der Waals surface area contributed by atoms with Gasteiger partial charge >= 0.3 is 6.18 Å². The first-order valence-corrected chi connectivity index (χ1v) is 8.54. The molecule has 2 N–H and O–H groups in total. The summed E-state index contributed by atoms with van der Waals surface area (Å²) in [6.07, 6.45) is -1.88. The molecule has 1 aromatic carbocycles. The second-order valence-electron chi connectivity index (χ2n) is 6.48. The monoisotopic (exact) mass is 401 g/mol. The molecule has 3 aromatic heterocycles. The average molecular weight is 401 g/mol. The maximum absolute atomic E-state index is 13.2. The molecule has 10 heteroatoms. The number of pyridine rings is 2. The summed E-state index contributed by atoms with van der Waals surface area (Å²) in [6.45, 7) is -0.104. The molecule has 7 nitrogen and oxygen atoms in total. The van der Waals surface area contributed by atoms with Gasteiger partial charge in [-0.25, -0.2) is 4.98 Å². The molecule has 1 amide bonds. The zero-order valence-electron chi connectivity index (χ0n) is 15.0. The summed E-state index contributed by atoms with van der Waals surface area (Å²) >= 11 is 0. The Morgan fingerprint density at radius 1 is 1.24 bits per heavy atom.